The van der Waals surface area contributed by atoms with Gasteiger partial charge in [0.2, 0.25) is 0 Å². The van der Waals surface area contributed by atoms with Gasteiger partial charge in [-0.1, -0.05) is 42.5 Å². The van der Waals surface area contributed by atoms with Crippen molar-refractivity contribution in [2.45, 2.75) is 0 Å². The number of nitrogens with zero attached hydrogens (tertiary/aromatic N) is 4. The Kier molecular flexibility index (Phi) is 3.40. The number of hydrogen-bond acceptors (Lipinski definition) is 4. The minimum atomic E-state index is 0.711. The van der Waals surface area contributed by atoms with Crippen LogP contribution in [0.25, 0.3) is 55.5 Å². The van der Waals surface area contributed by atoms with Gasteiger partial charge < -0.3 is 4.98 Å². The van der Waals surface area contributed by atoms with E-state index in [2.05, 4.69) is 50.3 Å². The molecule has 0 unspecified atom stereocenters. The Morgan fingerprint density at radius 2 is 1.34 bits per heavy atom. The lowest BCUT2D eigenvalue weighted by molar-refractivity contribution is 1.24. The molecule has 6 rings (SSSR count). The lowest BCUT2D eigenvalue weighted by atomic mass is 10.1. The normalized spacial score (nSPS) is 11.4. The van der Waals surface area contributed by atoms with Gasteiger partial charge >= 0.3 is 0 Å². The second kappa shape index (κ2) is 6.21. The largest absolute Gasteiger partial charge is 0.335 e. The van der Waals surface area contributed by atoms with Crippen LogP contribution < -0.4 is 0 Å². The Morgan fingerprint density at radius 1 is 0.586 bits per heavy atom. The first-order valence-corrected chi connectivity index (χ1v) is 9.41. The predicted octanol–water partition coefficient (Wildman–Crippen LogP) is 5.39. The van der Waals surface area contributed by atoms with Gasteiger partial charge in [0.25, 0.3) is 0 Å². The van der Waals surface area contributed by atoms with E-state index in [0.717, 1.165) is 49.7 Å². The van der Waals surface area contributed by atoms with E-state index in [9.17, 15) is 0 Å². The first kappa shape index (κ1) is 15.9. The fourth-order valence-corrected chi connectivity index (χ4v) is 3.84. The fraction of sp³-hybridized carbons (Fsp3) is 0. The Hall–Kier alpha value is -4.12. The number of nitrogens with one attached hydrogen (secondary N) is 1. The fourth-order valence-electron chi connectivity index (χ4n) is 3.84. The van der Waals surface area contributed by atoms with Gasteiger partial charge in [-0.25, -0.2) is 4.98 Å². The lowest BCUT2D eigenvalue weighted by Gasteiger charge is -2.03. The van der Waals surface area contributed by atoms with Crippen LogP contribution >= 0.6 is 0 Å². The third-order valence-corrected chi connectivity index (χ3v) is 5.18. The van der Waals surface area contributed by atoms with Crippen LogP contribution in [0.1, 0.15) is 0 Å². The summed E-state index contributed by atoms with van der Waals surface area (Å²) in [6.07, 6.45) is 5.42. The highest BCUT2D eigenvalue weighted by Gasteiger charge is 2.16. The Morgan fingerprint density at radius 3 is 2.17 bits per heavy atom. The van der Waals surface area contributed by atoms with E-state index >= 15 is 0 Å². The minimum absolute atomic E-state index is 0.711. The van der Waals surface area contributed by atoms with Crippen molar-refractivity contribution in [3.63, 3.8) is 0 Å². The van der Waals surface area contributed by atoms with Crippen molar-refractivity contribution in [3.8, 4) is 22.6 Å². The van der Waals surface area contributed by atoms with Crippen molar-refractivity contribution in [1.82, 2.24) is 24.9 Å². The highest BCUT2D eigenvalue weighted by molar-refractivity contribution is 6.21. The molecule has 2 aromatic carbocycles. The highest BCUT2D eigenvalue weighted by Crippen LogP contribution is 2.33. The molecule has 5 heteroatoms. The molecule has 0 fully saturated rings. The van der Waals surface area contributed by atoms with Crippen LogP contribution in [0.2, 0.25) is 0 Å². The summed E-state index contributed by atoms with van der Waals surface area (Å²) in [5.74, 6) is 0.711. The molecule has 4 heterocycles. The molecule has 0 atom stereocenters. The standard InChI is InChI=1S/C24H15N5/c1-2-6-15(7-3-1)16-10-13-25-19(14-16)24-28-22-20-17(8-4-11-26-20)18-9-5-12-27-21(18)23(22)29-24/h1-14H,(H,28,29). The average Bonchev–Trinajstić information content (AvgIpc) is 3.26. The first-order valence-electron chi connectivity index (χ1n) is 9.41. The number of rotatable bonds is 2. The smallest absolute Gasteiger partial charge is 0.157 e. The minimum Gasteiger partial charge on any atom is -0.335 e. The van der Waals surface area contributed by atoms with Gasteiger partial charge in [0, 0.05) is 29.4 Å². The molecular weight excluding hydrogens is 358 g/mol. The Bertz CT molecular complexity index is 1430. The van der Waals surface area contributed by atoms with Crippen molar-refractivity contribution in [2.75, 3.05) is 0 Å². The predicted molar refractivity (Wildman–Crippen MR) is 115 cm³/mol. The summed E-state index contributed by atoms with van der Waals surface area (Å²) in [4.78, 5) is 22.1. The lowest BCUT2D eigenvalue weighted by Crippen LogP contribution is -1.87. The van der Waals surface area contributed by atoms with Crippen molar-refractivity contribution in [3.05, 3.63) is 85.3 Å². The van der Waals surface area contributed by atoms with Gasteiger partial charge in [0.05, 0.1) is 16.6 Å². The summed E-state index contributed by atoms with van der Waals surface area (Å²) in [7, 11) is 0. The monoisotopic (exact) mass is 373 g/mol. The molecule has 0 spiro atoms. The summed E-state index contributed by atoms with van der Waals surface area (Å²) < 4.78 is 0. The van der Waals surface area contributed by atoms with Crippen LogP contribution in [0, 0.1) is 0 Å². The van der Waals surface area contributed by atoms with Gasteiger partial charge in [0.1, 0.15) is 11.2 Å². The van der Waals surface area contributed by atoms with Crippen LogP contribution in [0.4, 0.5) is 0 Å². The van der Waals surface area contributed by atoms with Gasteiger partial charge in [-0.3, -0.25) is 15.0 Å². The summed E-state index contributed by atoms with van der Waals surface area (Å²) in [5.41, 5.74) is 6.48. The summed E-state index contributed by atoms with van der Waals surface area (Å²) in [5, 5.41) is 2.11. The second-order valence-electron chi connectivity index (χ2n) is 6.90. The van der Waals surface area contributed by atoms with Gasteiger partial charge in [0.15, 0.2) is 5.82 Å². The van der Waals surface area contributed by atoms with Gasteiger partial charge in [-0.2, -0.15) is 0 Å². The van der Waals surface area contributed by atoms with Gasteiger partial charge in [-0.15, -0.1) is 0 Å². The SMILES string of the molecule is c1ccc(-c2ccnc(-c3nc4c5ncccc5c5cccnc5c4[nH]3)c2)cc1. The summed E-state index contributed by atoms with van der Waals surface area (Å²) in [6, 6.07) is 22.4. The third kappa shape index (κ3) is 2.48. The number of aromatic nitrogens is 5. The van der Waals surface area contributed by atoms with E-state index in [4.69, 9.17) is 4.98 Å². The van der Waals surface area contributed by atoms with E-state index in [0.29, 0.717) is 5.82 Å². The topological polar surface area (TPSA) is 67.3 Å². The Balaban J connectivity index is 1.63. The summed E-state index contributed by atoms with van der Waals surface area (Å²) in [6.45, 7) is 0. The van der Waals surface area contributed by atoms with Gasteiger partial charge in [-0.05, 0) is 35.4 Å². The maximum Gasteiger partial charge on any atom is 0.157 e. The first-order chi connectivity index (χ1) is 14.4. The highest BCUT2D eigenvalue weighted by atomic mass is 15.0. The Labute approximate surface area is 166 Å². The van der Waals surface area contributed by atoms with Crippen molar-refractivity contribution in [2.24, 2.45) is 0 Å². The second-order valence-corrected chi connectivity index (χ2v) is 6.90. The zero-order chi connectivity index (χ0) is 19.2. The average molecular weight is 373 g/mol. The number of aromatic amines is 1. The summed E-state index contributed by atoms with van der Waals surface area (Å²) >= 11 is 0. The van der Waals surface area contributed by atoms with E-state index in [1.165, 1.54) is 0 Å². The third-order valence-electron chi connectivity index (χ3n) is 5.18. The molecule has 0 aliphatic heterocycles. The number of benzene rings is 2. The van der Waals surface area contributed by atoms with Crippen LogP contribution in [0.5, 0.6) is 0 Å². The number of fused-ring (bicyclic) bond motifs is 6. The number of H-pyrrole nitrogens is 1. The molecule has 0 aliphatic carbocycles. The quantitative estimate of drug-likeness (QED) is 0.413. The van der Waals surface area contributed by atoms with E-state index in [1.54, 1.807) is 12.4 Å². The van der Waals surface area contributed by atoms with E-state index in [1.807, 2.05) is 42.6 Å². The molecule has 0 aliphatic rings. The molecule has 1 N–H and O–H groups in total. The zero-order valence-electron chi connectivity index (χ0n) is 15.4. The van der Waals surface area contributed by atoms with Crippen LogP contribution in [0.3, 0.4) is 0 Å². The number of imidazole rings is 1. The molecule has 0 bridgehead atoms. The van der Waals surface area contributed by atoms with E-state index in [-0.39, 0.29) is 0 Å². The molecule has 29 heavy (non-hydrogen) atoms. The number of pyridine rings is 3. The molecule has 6 aromatic rings. The molecule has 5 nitrogen and oxygen atoms in total. The van der Waals surface area contributed by atoms with Crippen molar-refractivity contribution in [1.29, 1.82) is 0 Å². The maximum atomic E-state index is 4.88. The molecular formula is C24H15N5. The molecule has 0 saturated heterocycles. The molecule has 136 valence electrons. The van der Waals surface area contributed by atoms with Crippen LogP contribution in [-0.2, 0) is 0 Å². The van der Waals surface area contributed by atoms with E-state index < -0.39 is 0 Å². The molecule has 0 radical (unpaired) electrons. The van der Waals surface area contributed by atoms with Crippen LogP contribution in [-0.4, -0.2) is 24.9 Å². The molecule has 4 aromatic heterocycles. The maximum absolute atomic E-state index is 4.88. The molecule has 0 saturated carbocycles. The number of hydrogen-bond donors (Lipinski definition) is 1. The van der Waals surface area contributed by atoms with Crippen molar-refractivity contribution >= 4 is 32.8 Å². The van der Waals surface area contributed by atoms with Crippen LogP contribution in [0.15, 0.2) is 85.3 Å². The molecule has 0 amide bonds. The zero-order valence-corrected chi connectivity index (χ0v) is 15.4. The van der Waals surface area contributed by atoms with Crippen molar-refractivity contribution < 1.29 is 0 Å².